The molecule has 0 atom stereocenters. The number of nitrogens with zero attached hydrogens (tertiary/aromatic N) is 3. The average Bonchev–Trinajstić information content (AvgIpc) is 2.41. The van der Waals surface area contributed by atoms with Crippen molar-refractivity contribution < 1.29 is 0 Å². The molecule has 0 unspecified atom stereocenters. The van der Waals surface area contributed by atoms with Crippen molar-refractivity contribution in [3.8, 4) is 0 Å². The zero-order valence-corrected chi connectivity index (χ0v) is 11.9. The first-order valence-electron chi connectivity index (χ1n) is 7.28. The Balaban J connectivity index is 1.73. The van der Waals surface area contributed by atoms with E-state index in [2.05, 4.69) is 47.0 Å². The fourth-order valence-corrected chi connectivity index (χ4v) is 3.14. The predicted molar refractivity (Wildman–Crippen MR) is 78.7 cm³/mol. The van der Waals surface area contributed by atoms with E-state index in [1.54, 1.807) is 5.56 Å². The zero-order valence-electron chi connectivity index (χ0n) is 11.9. The summed E-state index contributed by atoms with van der Waals surface area (Å²) in [5, 5.41) is 0. The SMILES string of the molecule is [CH2-]N1CCc2c(cccc2CN2CCN(C)CC2)C1. The van der Waals surface area contributed by atoms with Crippen LogP contribution in [0.25, 0.3) is 0 Å². The molecule has 3 nitrogen and oxygen atoms in total. The summed E-state index contributed by atoms with van der Waals surface area (Å²) < 4.78 is 0. The molecule has 0 aromatic heterocycles. The molecule has 0 spiro atoms. The summed E-state index contributed by atoms with van der Waals surface area (Å²) >= 11 is 0. The van der Waals surface area contributed by atoms with E-state index in [0.29, 0.717) is 0 Å². The molecule has 3 heteroatoms. The molecule has 2 aliphatic heterocycles. The Kier molecular flexibility index (Phi) is 3.87. The largest absolute Gasteiger partial charge is 0.455 e. The highest BCUT2D eigenvalue weighted by Crippen LogP contribution is 2.23. The van der Waals surface area contributed by atoms with Gasteiger partial charge in [-0.05, 0) is 43.2 Å². The average molecular weight is 258 g/mol. The fraction of sp³-hybridized carbons (Fsp3) is 0.562. The number of fused-ring (bicyclic) bond motifs is 1. The van der Waals surface area contributed by atoms with Crippen LogP contribution in [-0.4, -0.2) is 54.5 Å². The Labute approximate surface area is 116 Å². The van der Waals surface area contributed by atoms with Crippen molar-refractivity contribution in [2.75, 3.05) is 39.8 Å². The van der Waals surface area contributed by atoms with Gasteiger partial charge in [0, 0.05) is 32.7 Å². The number of likely N-dealkylation sites (N-methyl/N-ethyl adjacent to an activating group) is 1. The van der Waals surface area contributed by atoms with Crippen molar-refractivity contribution in [1.82, 2.24) is 14.7 Å². The highest BCUT2D eigenvalue weighted by molar-refractivity contribution is 5.37. The van der Waals surface area contributed by atoms with Crippen LogP contribution in [0.1, 0.15) is 16.7 Å². The van der Waals surface area contributed by atoms with Gasteiger partial charge in [0.25, 0.3) is 0 Å². The van der Waals surface area contributed by atoms with Crippen LogP contribution in [0.15, 0.2) is 18.2 Å². The number of hydrogen-bond acceptors (Lipinski definition) is 3. The predicted octanol–water partition coefficient (Wildman–Crippen LogP) is 1.58. The topological polar surface area (TPSA) is 9.72 Å². The quantitative estimate of drug-likeness (QED) is 0.746. The van der Waals surface area contributed by atoms with Gasteiger partial charge in [-0.1, -0.05) is 18.2 Å². The maximum Gasteiger partial charge on any atom is 0.0237 e. The minimum atomic E-state index is 1.01. The van der Waals surface area contributed by atoms with Crippen molar-refractivity contribution in [1.29, 1.82) is 0 Å². The van der Waals surface area contributed by atoms with Crippen molar-refractivity contribution >= 4 is 0 Å². The molecular weight excluding hydrogens is 234 g/mol. The van der Waals surface area contributed by atoms with Crippen LogP contribution in [0, 0.1) is 7.05 Å². The molecule has 0 aliphatic carbocycles. The monoisotopic (exact) mass is 258 g/mol. The Morgan fingerprint density at radius 2 is 1.89 bits per heavy atom. The van der Waals surface area contributed by atoms with Gasteiger partial charge < -0.3 is 9.80 Å². The fourth-order valence-electron chi connectivity index (χ4n) is 3.14. The molecule has 1 saturated heterocycles. The molecule has 3 rings (SSSR count). The summed E-state index contributed by atoms with van der Waals surface area (Å²) in [5.74, 6) is 0. The summed E-state index contributed by atoms with van der Waals surface area (Å²) in [5.41, 5.74) is 4.60. The van der Waals surface area contributed by atoms with E-state index >= 15 is 0 Å². The van der Waals surface area contributed by atoms with Gasteiger partial charge in [-0.3, -0.25) is 11.9 Å². The third-order valence-corrected chi connectivity index (χ3v) is 4.43. The highest BCUT2D eigenvalue weighted by Gasteiger charge is 2.18. The van der Waals surface area contributed by atoms with E-state index in [1.807, 2.05) is 0 Å². The Morgan fingerprint density at radius 3 is 2.68 bits per heavy atom. The van der Waals surface area contributed by atoms with Crippen LogP contribution in [0.4, 0.5) is 0 Å². The van der Waals surface area contributed by atoms with E-state index in [-0.39, 0.29) is 0 Å². The van der Waals surface area contributed by atoms with Crippen molar-refractivity contribution in [2.45, 2.75) is 19.5 Å². The van der Waals surface area contributed by atoms with E-state index in [1.165, 1.54) is 37.3 Å². The maximum absolute atomic E-state index is 4.07. The Hall–Kier alpha value is -0.900. The third-order valence-electron chi connectivity index (χ3n) is 4.43. The smallest absolute Gasteiger partial charge is 0.0237 e. The molecule has 1 aromatic carbocycles. The van der Waals surface area contributed by atoms with Gasteiger partial charge in [0.2, 0.25) is 0 Å². The zero-order chi connectivity index (χ0) is 13.2. The molecule has 0 radical (unpaired) electrons. The van der Waals surface area contributed by atoms with Gasteiger partial charge in [-0.2, -0.15) is 0 Å². The first-order valence-corrected chi connectivity index (χ1v) is 7.28. The van der Waals surface area contributed by atoms with Gasteiger partial charge >= 0.3 is 0 Å². The second kappa shape index (κ2) is 5.61. The van der Waals surface area contributed by atoms with Crippen molar-refractivity contribution in [3.63, 3.8) is 0 Å². The lowest BCUT2D eigenvalue weighted by molar-refractivity contribution is 0.147. The molecule has 0 amide bonds. The summed E-state index contributed by atoms with van der Waals surface area (Å²) in [4.78, 5) is 7.17. The van der Waals surface area contributed by atoms with Crippen molar-refractivity contribution in [3.05, 3.63) is 41.9 Å². The van der Waals surface area contributed by atoms with E-state index < -0.39 is 0 Å². The number of benzene rings is 1. The molecule has 1 fully saturated rings. The van der Waals surface area contributed by atoms with E-state index in [4.69, 9.17) is 0 Å². The number of rotatable bonds is 2. The van der Waals surface area contributed by atoms with Gasteiger partial charge in [-0.25, -0.2) is 0 Å². The molecule has 0 N–H and O–H groups in total. The van der Waals surface area contributed by atoms with E-state index in [0.717, 1.165) is 26.1 Å². The highest BCUT2D eigenvalue weighted by atomic mass is 15.2. The molecule has 0 saturated carbocycles. The summed E-state index contributed by atoms with van der Waals surface area (Å²) in [6.07, 6.45) is 1.16. The second-order valence-corrected chi connectivity index (χ2v) is 5.94. The minimum absolute atomic E-state index is 1.01. The Morgan fingerprint density at radius 1 is 1.11 bits per heavy atom. The summed E-state index contributed by atoms with van der Waals surface area (Å²) in [6, 6.07) is 6.79. The van der Waals surface area contributed by atoms with Crippen molar-refractivity contribution in [2.24, 2.45) is 0 Å². The molecule has 104 valence electrons. The van der Waals surface area contributed by atoms with Crippen LogP contribution in [0.2, 0.25) is 0 Å². The summed E-state index contributed by atoms with van der Waals surface area (Å²) in [7, 11) is 6.28. The lowest BCUT2D eigenvalue weighted by Crippen LogP contribution is -2.44. The van der Waals surface area contributed by atoms with Gasteiger partial charge in [-0.15, -0.1) is 0 Å². The molecule has 19 heavy (non-hydrogen) atoms. The summed E-state index contributed by atoms with van der Waals surface area (Å²) in [6.45, 7) is 8.00. The van der Waals surface area contributed by atoms with Crippen LogP contribution in [0.5, 0.6) is 0 Å². The van der Waals surface area contributed by atoms with Crippen LogP contribution < -0.4 is 0 Å². The minimum Gasteiger partial charge on any atom is -0.455 e. The first-order chi connectivity index (χ1) is 9.22. The van der Waals surface area contributed by atoms with Crippen LogP contribution in [-0.2, 0) is 19.5 Å². The second-order valence-electron chi connectivity index (χ2n) is 5.94. The van der Waals surface area contributed by atoms with Crippen LogP contribution in [0.3, 0.4) is 0 Å². The number of piperazine rings is 1. The molecular formula is C16H24N3-. The number of hydrogen-bond donors (Lipinski definition) is 0. The lowest BCUT2D eigenvalue weighted by Gasteiger charge is -2.35. The molecule has 2 heterocycles. The van der Waals surface area contributed by atoms with Gasteiger partial charge in [0.15, 0.2) is 0 Å². The lowest BCUT2D eigenvalue weighted by atomic mass is 9.94. The van der Waals surface area contributed by atoms with Gasteiger partial charge in [0.1, 0.15) is 0 Å². The molecule has 1 aromatic rings. The molecule has 0 bridgehead atoms. The maximum atomic E-state index is 4.07. The van der Waals surface area contributed by atoms with Gasteiger partial charge in [0.05, 0.1) is 0 Å². The standard InChI is InChI=1S/C16H24N3/c1-17-8-10-19(11-9-17)13-15-5-3-4-14-12-18(2)7-6-16(14)15/h3-5H,2,6-13H2,1H3/q-1. The van der Waals surface area contributed by atoms with Crippen LogP contribution >= 0.6 is 0 Å². The Bertz CT molecular complexity index is 436. The van der Waals surface area contributed by atoms with E-state index in [9.17, 15) is 0 Å². The molecule has 2 aliphatic rings. The normalized spacial score (nSPS) is 22.4. The first kappa shape index (κ1) is 13.1. The third kappa shape index (κ3) is 2.99.